The fourth-order valence-electron chi connectivity index (χ4n) is 5.68. The maximum atomic E-state index is 12.9. The van der Waals surface area contributed by atoms with Gasteiger partial charge in [0.15, 0.2) is 0 Å². The largest absolute Gasteiger partial charge is 0.355 e. The third-order valence-corrected chi connectivity index (χ3v) is 7.87. The molecule has 1 N–H and O–H groups in total. The molecule has 1 saturated heterocycles. The zero-order valence-corrected chi connectivity index (χ0v) is 19.3. The Kier molecular flexibility index (Phi) is 4.75. The Labute approximate surface area is 194 Å². The lowest BCUT2D eigenvalue weighted by Gasteiger charge is -2.56. The van der Waals surface area contributed by atoms with Crippen LogP contribution in [0.15, 0.2) is 36.8 Å². The van der Waals surface area contributed by atoms with Gasteiger partial charge in [-0.3, -0.25) is 14.5 Å². The van der Waals surface area contributed by atoms with Crippen molar-refractivity contribution in [3.63, 3.8) is 0 Å². The van der Waals surface area contributed by atoms with Crippen LogP contribution in [-0.2, 0) is 13.0 Å². The van der Waals surface area contributed by atoms with Gasteiger partial charge in [0.1, 0.15) is 5.82 Å². The lowest BCUT2D eigenvalue weighted by atomic mass is 9.63. The van der Waals surface area contributed by atoms with Gasteiger partial charge in [-0.05, 0) is 68.4 Å². The van der Waals surface area contributed by atoms with E-state index in [4.69, 9.17) is 4.98 Å². The number of nitrogens with one attached hydrogen (secondary N) is 1. The summed E-state index contributed by atoms with van der Waals surface area (Å²) in [6, 6.07) is 6.34. The van der Waals surface area contributed by atoms with Crippen LogP contribution in [-0.4, -0.2) is 38.7 Å². The van der Waals surface area contributed by atoms with Crippen molar-refractivity contribution in [3.05, 3.63) is 70.4 Å². The normalized spacial score (nSPS) is 20.3. The number of aryl methyl sites for hydroxylation is 2. The van der Waals surface area contributed by atoms with Crippen molar-refractivity contribution in [3.8, 4) is 0 Å². The second-order valence-electron chi connectivity index (χ2n) is 10.1. The van der Waals surface area contributed by atoms with Crippen molar-refractivity contribution in [2.45, 2.75) is 58.5 Å². The van der Waals surface area contributed by atoms with Gasteiger partial charge >= 0.3 is 0 Å². The summed E-state index contributed by atoms with van der Waals surface area (Å²) in [6.07, 6.45) is 11.3. The zero-order chi connectivity index (χ0) is 22.6. The molecule has 7 nitrogen and oxygen atoms in total. The molecule has 0 radical (unpaired) electrons. The Morgan fingerprint density at radius 2 is 2.03 bits per heavy atom. The van der Waals surface area contributed by atoms with E-state index in [2.05, 4.69) is 39.4 Å². The van der Waals surface area contributed by atoms with Crippen LogP contribution < -0.4 is 10.2 Å². The number of fused-ring (bicyclic) bond motifs is 1. The average molecular weight is 443 g/mol. The molecule has 3 aromatic heterocycles. The molecule has 170 valence electrons. The first-order chi connectivity index (χ1) is 16.0. The number of rotatable bonds is 5. The summed E-state index contributed by atoms with van der Waals surface area (Å²) in [6.45, 7) is 7.00. The Hall–Kier alpha value is -3.22. The predicted molar refractivity (Wildman–Crippen MR) is 126 cm³/mol. The Morgan fingerprint density at radius 3 is 2.79 bits per heavy atom. The lowest BCUT2D eigenvalue weighted by molar-refractivity contribution is 0.0896. The fraction of sp³-hybridized carbons (Fsp3) is 0.462. The molecule has 3 aliphatic rings. The van der Waals surface area contributed by atoms with Gasteiger partial charge < -0.3 is 10.2 Å². The molecule has 6 rings (SSSR count). The molecule has 0 bridgehead atoms. The molecule has 7 heteroatoms. The molecule has 0 unspecified atom stereocenters. The Morgan fingerprint density at radius 1 is 1.18 bits per heavy atom. The summed E-state index contributed by atoms with van der Waals surface area (Å²) in [7, 11) is 0. The minimum Gasteiger partial charge on any atom is -0.355 e. The van der Waals surface area contributed by atoms with E-state index in [-0.39, 0.29) is 11.9 Å². The van der Waals surface area contributed by atoms with Crippen LogP contribution in [0.2, 0.25) is 0 Å². The van der Waals surface area contributed by atoms with Gasteiger partial charge in [0, 0.05) is 42.3 Å². The lowest BCUT2D eigenvalue weighted by Crippen LogP contribution is -2.60. The number of hydrogen-bond donors (Lipinski definition) is 1. The first kappa shape index (κ1) is 20.4. The first-order valence-corrected chi connectivity index (χ1v) is 12.0. The van der Waals surface area contributed by atoms with Crippen LogP contribution in [0.3, 0.4) is 0 Å². The van der Waals surface area contributed by atoms with E-state index in [1.165, 1.54) is 30.4 Å². The number of anilines is 1. The minimum atomic E-state index is -0.0820. The standard InChI is InChI=1S/C26H30N6O/c1-17-19(4-7-24(29-17)31-15-26(16-31)9-3-10-26)13-32-14-20(12-28-32)25(33)30-23-6-5-21-18(2)27-11-8-22(21)23/h4,7-8,11-12,14,23H,3,5-6,9-10,13,15-16H2,1-2H3,(H,30,33)/t23-/m1/s1. The molecule has 0 aromatic carbocycles. The van der Waals surface area contributed by atoms with E-state index < -0.39 is 0 Å². The highest BCUT2D eigenvalue weighted by atomic mass is 16.1. The summed E-state index contributed by atoms with van der Waals surface area (Å²) >= 11 is 0. The number of hydrogen-bond acceptors (Lipinski definition) is 5. The number of aromatic nitrogens is 4. The molecule has 1 aliphatic heterocycles. The zero-order valence-electron chi connectivity index (χ0n) is 19.3. The van der Waals surface area contributed by atoms with Crippen molar-refractivity contribution in [2.24, 2.45) is 5.41 Å². The van der Waals surface area contributed by atoms with Crippen LogP contribution >= 0.6 is 0 Å². The van der Waals surface area contributed by atoms with E-state index in [1.807, 2.05) is 30.1 Å². The van der Waals surface area contributed by atoms with Gasteiger partial charge in [-0.1, -0.05) is 12.5 Å². The van der Waals surface area contributed by atoms with Crippen molar-refractivity contribution in [1.29, 1.82) is 0 Å². The van der Waals surface area contributed by atoms with E-state index in [9.17, 15) is 4.79 Å². The number of amides is 1. The smallest absolute Gasteiger partial charge is 0.254 e. The Bertz CT molecular complexity index is 1220. The maximum absolute atomic E-state index is 12.9. The highest BCUT2D eigenvalue weighted by Crippen LogP contribution is 2.49. The number of carbonyl (C=O) groups is 1. The molecule has 4 heterocycles. The summed E-state index contributed by atoms with van der Waals surface area (Å²) in [5.41, 5.74) is 6.85. The van der Waals surface area contributed by atoms with E-state index >= 15 is 0 Å². The van der Waals surface area contributed by atoms with E-state index in [0.717, 1.165) is 48.7 Å². The van der Waals surface area contributed by atoms with Crippen molar-refractivity contribution >= 4 is 11.7 Å². The number of nitrogens with zero attached hydrogens (tertiary/aromatic N) is 5. The highest BCUT2D eigenvalue weighted by molar-refractivity contribution is 5.94. The maximum Gasteiger partial charge on any atom is 0.254 e. The van der Waals surface area contributed by atoms with Crippen LogP contribution in [0.1, 0.15) is 70.2 Å². The third-order valence-electron chi connectivity index (χ3n) is 7.87. The molecular formula is C26H30N6O. The summed E-state index contributed by atoms with van der Waals surface area (Å²) in [5, 5.41) is 7.62. The van der Waals surface area contributed by atoms with Gasteiger partial charge in [-0.2, -0.15) is 5.10 Å². The van der Waals surface area contributed by atoms with Crippen molar-refractivity contribution in [1.82, 2.24) is 25.1 Å². The monoisotopic (exact) mass is 442 g/mol. The fourth-order valence-corrected chi connectivity index (χ4v) is 5.68. The van der Waals surface area contributed by atoms with Gasteiger partial charge in [-0.15, -0.1) is 0 Å². The molecular weight excluding hydrogens is 412 g/mol. The van der Waals surface area contributed by atoms with Gasteiger partial charge in [0.25, 0.3) is 5.91 Å². The minimum absolute atomic E-state index is 0.0390. The summed E-state index contributed by atoms with van der Waals surface area (Å²) in [4.78, 5) is 24.5. The van der Waals surface area contributed by atoms with Crippen LogP contribution in [0, 0.1) is 19.3 Å². The van der Waals surface area contributed by atoms with E-state index in [0.29, 0.717) is 17.5 Å². The van der Waals surface area contributed by atoms with Gasteiger partial charge in [0.05, 0.1) is 24.3 Å². The topological polar surface area (TPSA) is 75.9 Å². The summed E-state index contributed by atoms with van der Waals surface area (Å²) < 4.78 is 1.82. The molecule has 1 amide bonds. The van der Waals surface area contributed by atoms with Crippen molar-refractivity contribution in [2.75, 3.05) is 18.0 Å². The molecule has 1 spiro atoms. The second kappa shape index (κ2) is 7.68. The van der Waals surface area contributed by atoms with Gasteiger partial charge in [0.2, 0.25) is 0 Å². The summed E-state index contributed by atoms with van der Waals surface area (Å²) in [5.74, 6) is 0.998. The molecule has 2 aliphatic carbocycles. The third kappa shape index (κ3) is 3.59. The first-order valence-electron chi connectivity index (χ1n) is 12.0. The average Bonchev–Trinajstić information content (AvgIpc) is 3.36. The Balaban J connectivity index is 1.10. The van der Waals surface area contributed by atoms with Crippen molar-refractivity contribution < 1.29 is 4.79 Å². The van der Waals surface area contributed by atoms with Crippen LogP contribution in [0.5, 0.6) is 0 Å². The molecule has 1 atom stereocenters. The molecule has 2 fully saturated rings. The molecule has 1 saturated carbocycles. The number of carbonyl (C=O) groups excluding carboxylic acids is 1. The predicted octanol–water partition coefficient (Wildman–Crippen LogP) is 3.75. The quantitative estimate of drug-likeness (QED) is 0.651. The SMILES string of the molecule is Cc1nc(N2CC3(CCC3)C2)ccc1Cn1cc(C(=O)N[C@@H]2CCc3c2ccnc3C)cn1. The van der Waals surface area contributed by atoms with Crippen LogP contribution in [0.4, 0.5) is 5.82 Å². The molecule has 33 heavy (non-hydrogen) atoms. The van der Waals surface area contributed by atoms with Crippen LogP contribution in [0.25, 0.3) is 0 Å². The van der Waals surface area contributed by atoms with Gasteiger partial charge in [-0.25, -0.2) is 4.98 Å². The highest BCUT2D eigenvalue weighted by Gasteiger charge is 2.47. The number of pyridine rings is 2. The second-order valence-corrected chi connectivity index (χ2v) is 10.1. The molecule has 3 aromatic rings. The van der Waals surface area contributed by atoms with E-state index in [1.54, 1.807) is 6.20 Å².